The third-order valence-corrected chi connectivity index (χ3v) is 8.29. The van der Waals surface area contributed by atoms with Crippen molar-refractivity contribution in [2.75, 3.05) is 65.7 Å². The first kappa shape index (κ1) is 34.7. The summed E-state index contributed by atoms with van der Waals surface area (Å²) in [4.78, 5) is 18.0. The van der Waals surface area contributed by atoms with Crippen LogP contribution in [0.15, 0.2) is 24.3 Å². The molecule has 12 nitrogen and oxygen atoms in total. The van der Waals surface area contributed by atoms with Crippen molar-refractivity contribution in [3.05, 3.63) is 57.6 Å². The average molecular weight is 604 g/mol. The van der Waals surface area contributed by atoms with E-state index in [2.05, 4.69) is 20.4 Å². The number of carbonyl (C=O) groups excluding carboxylic acids is 1. The molecular formula is C31H49N5O7. The van der Waals surface area contributed by atoms with Gasteiger partial charge in [-0.3, -0.25) is 14.6 Å². The normalized spacial score (nSPS) is 15.6. The van der Waals surface area contributed by atoms with Gasteiger partial charge in [-0.15, -0.1) is 0 Å². The largest absolute Gasteiger partial charge is 0.507 e. The Morgan fingerprint density at radius 1 is 0.674 bits per heavy atom. The molecule has 0 spiro atoms. The number of rotatable bonds is 15. The first-order valence-corrected chi connectivity index (χ1v) is 14.9. The quantitative estimate of drug-likeness (QED) is 0.122. The Labute approximate surface area is 254 Å². The van der Waals surface area contributed by atoms with Crippen molar-refractivity contribution in [3.63, 3.8) is 0 Å². The monoisotopic (exact) mass is 603 g/mol. The van der Waals surface area contributed by atoms with E-state index in [1.807, 2.05) is 38.1 Å². The molecule has 1 aliphatic rings. The molecule has 2 aromatic rings. The number of aliphatic hydroxyl groups is 4. The van der Waals surface area contributed by atoms with Gasteiger partial charge in [0.25, 0.3) is 0 Å². The lowest BCUT2D eigenvalue weighted by molar-refractivity contribution is -0.118. The summed E-state index contributed by atoms with van der Waals surface area (Å²) < 4.78 is 0. The van der Waals surface area contributed by atoms with E-state index in [1.165, 1.54) is 0 Å². The lowest BCUT2D eigenvalue weighted by Crippen LogP contribution is -2.36. The number of aliphatic hydroxyl groups excluding tert-OH is 4. The molecule has 0 bridgehead atoms. The van der Waals surface area contributed by atoms with Crippen molar-refractivity contribution >= 4 is 6.41 Å². The number of phenols is 2. The van der Waals surface area contributed by atoms with Crippen LogP contribution < -0.4 is 10.6 Å². The summed E-state index contributed by atoms with van der Waals surface area (Å²) in [6.45, 7) is 8.29. The van der Waals surface area contributed by atoms with Gasteiger partial charge >= 0.3 is 0 Å². The smallest absolute Gasteiger partial charge is 0.209 e. The third kappa shape index (κ3) is 9.85. The third-order valence-electron chi connectivity index (χ3n) is 8.29. The zero-order valence-electron chi connectivity index (χ0n) is 25.4. The fraction of sp³-hybridized carbons (Fsp3) is 0.581. The molecule has 240 valence electrons. The van der Waals surface area contributed by atoms with E-state index in [1.54, 1.807) is 4.90 Å². The van der Waals surface area contributed by atoms with Gasteiger partial charge in [0.2, 0.25) is 6.41 Å². The summed E-state index contributed by atoms with van der Waals surface area (Å²) in [5.74, 6) is 0.364. The topological polar surface area (TPSA) is 172 Å². The molecule has 1 amide bonds. The van der Waals surface area contributed by atoms with Crippen molar-refractivity contribution in [1.29, 1.82) is 0 Å². The molecule has 1 aliphatic heterocycles. The summed E-state index contributed by atoms with van der Waals surface area (Å²) in [7, 11) is 0. The van der Waals surface area contributed by atoms with Crippen LogP contribution in [0, 0.1) is 13.8 Å². The van der Waals surface area contributed by atoms with Gasteiger partial charge < -0.3 is 46.2 Å². The molecule has 8 N–H and O–H groups in total. The Balaban J connectivity index is 1.75. The Kier molecular flexibility index (Phi) is 14.1. The van der Waals surface area contributed by atoms with E-state index in [9.17, 15) is 35.4 Å². The molecule has 1 heterocycles. The van der Waals surface area contributed by atoms with Gasteiger partial charge in [0, 0.05) is 87.7 Å². The number of nitrogens with zero attached hydrogens (tertiary/aromatic N) is 3. The van der Waals surface area contributed by atoms with Gasteiger partial charge in [-0.25, -0.2) is 0 Å². The Morgan fingerprint density at radius 2 is 1.05 bits per heavy atom. The maximum absolute atomic E-state index is 11.8. The Morgan fingerprint density at radius 3 is 1.40 bits per heavy atom. The maximum Gasteiger partial charge on any atom is 0.209 e. The first-order valence-electron chi connectivity index (χ1n) is 14.9. The van der Waals surface area contributed by atoms with Crippen LogP contribution in [0.4, 0.5) is 0 Å². The Hall–Kier alpha value is -2.81. The number of benzene rings is 2. The zero-order valence-corrected chi connectivity index (χ0v) is 25.4. The lowest BCUT2D eigenvalue weighted by Gasteiger charge is -2.27. The second-order valence-electron chi connectivity index (χ2n) is 11.3. The van der Waals surface area contributed by atoms with Crippen LogP contribution in [0.3, 0.4) is 0 Å². The minimum Gasteiger partial charge on any atom is -0.507 e. The van der Waals surface area contributed by atoms with Crippen LogP contribution in [0.2, 0.25) is 0 Å². The molecule has 1 fully saturated rings. The highest BCUT2D eigenvalue weighted by molar-refractivity contribution is 5.47. The highest BCUT2D eigenvalue weighted by Gasteiger charge is 2.21. The van der Waals surface area contributed by atoms with E-state index in [4.69, 9.17) is 0 Å². The standard InChI is InChI=1S/C31H49N5O7/c1-22-3-5-24(30(42)28(22)13-32-26(17-37)18-38)15-34-7-8-35(10-12-36(21-41)11-9-34)16-25-6-4-23(2)29(31(25)43)14-33-27(19-39)20-40/h3-6,21,26-27,32-33,37-40,42-43H,7-20H2,1-2H3. The van der Waals surface area contributed by atoms with Gasteiger partial charge in [-0.1, -0.05) is 24.3 Å². The molecule has 0 radical (unpaired) electrons. The maximum atomic E-state index is 11.8. The number of hydrogen-bond donors (Lipinski definition) is 8. The average Bonchev–Trinajstić information content (AvgIpc) is 3.10. The molecule has 0 saturated carbocycles. The van der Waals surface area contributed by atoms with Crippen LogP contribution in [0.5, 0.6) is 11.5 Å². The number of carbonyl (C=O) groups is 1. The van der Waals surface area contributed by atoms with Gasteiger partial charge in [0.15, 0.2) is 0 Å². The number of phenolic OH excluding ortho intramolecular Hbond substituents is 2. The van der Waals surface area contributed by atoms with Gasteiger partial charge in [-0.05, 0) is 25.0 Å². The van der Waals surface area contributed by atoms with E-state index in [0.29, 0.717) is 76.6 Å². The Bertz CT molecular complexity index is 1070. The fourth-order valence-corrected chi connectivity index (χ4v) is 5.20. The van der Waals surface area contributed by atoms with E-state index in [0.717, 1.165) is 28.7 Å². The summed E-state index contributed by atoms with van der Waals surface area (Å²) in [6.07, 6.45) is 0.861. The number of aryl methyl sites for hydroxylation is 2. The van der Waals surface area contributed by atoms with Crippen LogP contribution >= 0.6 is 0 Å². The van der Waals surface area contributed by atoms with Crippen LogP contribution in [-0.4, -0.2) is 130 Å². The van der Waals surface area contributed by atoms with Gasteiger partial charge in [0.05, 0.1) is 38.5 Å². The zero-order chi connectivity index (χ0) is 31.4. The number of hydrogen-bond acceptors (Lipinski definition) is 11. The minimum atomic E-state index is -0.473. The molecule has 43 heavy (non-hydrogen) atoms. The predicted octanol–water partition coefficient (Wildman–Crippen LogP) is -0.624. The lowest BCUT2D eigenvalue weighted by atomic mass is 10.0. The van der Waals surface area contributed by atoms with E-state index in [-0.39, 0.29) is 37.9 Å². The van der Waals surface area contributed by atoms with Crippen molar-refractivity contribution in [1.82, 2.24) is 25.3 Å². The van der Waals surface area contributed by atoms with Gasteiger partial charge in [0.1, 0.15) is 11.5 Å². The fourth-order valence-electron chi connectivity index (χ4n) is 5.20. The van der Waals surface area contributed by atoms with Crippen LogP contribution in [0.25, 0.3) is 0 Å². The molecule has 0 unspecified atom stereocenters. The second kappa shape index (κ2) is 17.5. The van der Waals surface area contributed by atoms with Crippen molar-refractivity contribution < 1.29 is 35.4 Å². The number of nitrogens with one attached hydrogen (secondary N) is 2. The number of aromatic hydroxyl groups is 2. The summed E-state index contributed by atoms with van der Waals surface area (Å²) in [5.41, 5.74) is 4.76. The SMILES string of the molecule is Cc1ccc(CN2CCN(C=O)CCN(Cc3ccc(C)c(CNC(CO)CO)c3O)CC2)c(O)c1CNC(CO)CO. The van der Waals surface area contributed by atoms with Gasteiger partial charge in [-0.2, -0.15) is 0 Å². The minimum absolute atomic E-state index is 0.182. The van der Waals surface area contributed by atoms with E-state index < -0.39 is 12.1 Å². The van der Waals surface area contributed by atoms with Crippen molar-refractivity contribution in [3.8, 4) is 11.5 Å². The molecule has 0 aromatic heterocycles. The predicted molar refractivity (Wildman–Crippen MR) is 163 cm³/mol. The molecule has 12 heteroatoms. The molecule has 0 atom stereocenters. The van der Waals surface area contributed by atoms with Crippen molar-refractivity contribution in [2.45, 2.75) is 52.1 Å². The summed E-state index contributed by atoms with van der Waals surface area (Å²) in [6, 6.07) is 6.77. The highest BCUT2D eigenvalue weighted by Crippen LogP contribution is 2.29. The second-order valence-corrected chi connectivity index (χ2v) is 11.3. The van der Waals surface area contributed by atoms with Crippen LogP contribution in [0.1, 0.15) is 33.4 Å². The summed E-state index contributed by atoms with van der Waals surface area (Å²) in [5, 5.41) is 66.0. The highest BCUT2D eigenvalue weighted by atomic mass is 16.3. The van der Waals surface area contributed by atoms with E-state index >= 15 is 0 Å². The molecule has 1 saturated heterocycles. The molecule has 0 aliphatic carbocycles. The first-order chi connectivity index (χ1) is 20.7. The summed E-state index contributed by atoms with van der Waals surface area (Å²) >= 11 is 0. The molecule has 3 rings (SSSR count). The molecular weight excluding hydrogens is 554 g/mol. The van der Waals surface area contributed by atoms with Crippen molar-refractivity contribution in [2.24, 2.45) is 0 Å². The van der Waals surface area contributed by atoms with Crippen LogP contribution in [-0.2, 0) is 31.0 Å². The molecule has 2 aromatic carbocycles. The number of amides is 1.